The molecular weight excluding hydrogens is 313 g/mol. The van der Waals surface area contributed by atoms with E-state index in [1.165, 1.54) is 18.3 Å². The van der Waals surface area contributed by atoms with Gasteiger partial charge < -0.3 is 9.47 Å². The minimum atomic E-state index is -4.54. The summed E-state index contributed by atoms with van der Waals surface area (Å²) in [6.07, 6.45) is -3.04. The van der Waals surface area contributed by atoms with Gasteiger partial charge in [-0.1, -0.05) is 0 Å². The van der Waals surface area contributed by atoms with Crippen molar-refractivity contribution in [3.8, 4) is 5.75 Å². The average molecular weight is 326 g/mol. The minimum absolute atomic E-state index is 0.0337. The Morgan fingerprint density at radius 3 is 2.78 bits per heavy atom. The molecule has 0 bridgehead atoms. The fourth-order valence-corrected chi connectivity index (χ4v) is 2.08. The maximum Gasteiger partial charge on any atom is 0.419 e. The second kappa shape index (κ2) is 6.29. The van der Waals surface area contributed by atoms with Crippen molar-refractivity contribution in [1.29, 1.82) is 0 Å². The van der Waals surface area contributed by atoms with E-state index in [-0.39, 0.29) is 25.7 Å². The third-order valence-electron chi connectivity index (χ3n) is 3.18. The van der Waals surface area contributed by atoms with Gasteiger partial charge in [-0.3, -0.25) is 10.5 Å². The molecule has 1 aromatic carbocycles. The third kappa shape index (κ3) is 3.62. The molecule has 0 aliphatic carbocycles. The van der Waals surface area contributed by atoms with Gasteiger partial charge in [-0.05, 0) is 24.3 Å². The Morgan fingerprint density at radius 1 is 1.26 bits per heavy atom. The summed E-state index contributed by atoms with van der Waals surface area (Å²) in [5.41, 5.74) is 3.05. The van der Waals surface area contributed by atoms with E-state index in [9.17, 15) is 13.2 Å². The number of H-pyrrole nitrogens is 1. The number of alkyl halides is 3. The van der Waals surface area contributed by atoms with Crippen molar-refractivity contribution in [3.63, 3.8) is 0 Å². The predicted octanol–water partition coefficient (Wildman–Crippen LogP) is 2.29. The number of hydrazone groups is 1. The molecule has 2 aromatic rings. The molecule has 0 unspecified atom stereocenters. The summed E-state index contributed by atoms with van der Waals surface area (Å²) in [6, 6.07) is 5.44. The predicted molar refractivity (Wildman–Crippen MR) is 74.9 cm³/mol. The second-order valence-electron chi connectivity index (χ2n) is 4.79. The summed E-state index contributed by atoms with van der Waals surface area (Å²) in [5.74, 6) is -0.249. The normalized spacial score (nSPS) is 15.0. The van der Waals surface area contributed by atoms with Crippen molar-refractivity contribution in [1.82, 2.24) is 15.6 Å². The lowest BCUT2D eigenvalue weighted by atomic mass is 10.1. The zero-order valence-electron chi connectivity index (χ0n) is 11.9. The largest absolute Gasteiger partial charge is 0.487 e. The van der Waals surface area contributed by atoms with Gasteiger partial charge in [0.25, 0.3) is 0 Å². The van der Waals surface area contributed by atoms with Crippen LogP contribution in [0.15, 0.2) is 35.6 Å². The summed E-state index contributed by atoms with van der Waals surface area (Å²) in [4.78, 5) is 0. The third-order valence-corrected chi connectivity index (χ3v) is 3.18. The number of rotatable bonds is 4. The van der Waals surface area contributed by atoms with Crippen LogP contribution in [0.5, 0.6) is 5.75 Å². The molecule has 0 spiro atoms. The molecule has 1 aliphatic heterocycles. The number of nitrogens with one attached hydrogen (secondary N) is 2. The van der Waals surface area contributed by atoms with Crippen LogP contribution in [0.4, 0.5) is 13.2 Å². The van der Waals surface area contributed by atoms with Crippen LogP contribution < -0.4 is 10.2 Å². The number of aromatic nitrogens is 2. The average Bonchev–Trinajstić information content (AvgIpc) is 3.06. The number of ether oxygens (including phenoxy) is 2. The molecule has 0 amide bonds. The first-order valence-electron chi connectivity index (χ1n) is 6.74. The van der Waals surface area contributed by atoms with E-state index in [1.54, 1.807) is 6.07 Å². The lowest BCUT2D eigenvalue weighted by Gasteiger charge is -2.17. The van der Waals surface area contributed by atoms with Gasteiger partial charge in [0.15, 0.2) is 0 Å². The number of benzene rings is 1. The molecule has 1 aliphatic rings. The highest BCUT2D eigenvalue weighted by atomic mass is 19.4. The molecule has 0 atom stereocenters. The molecule has 3 rings (SSSR count). The molecule has 1 aromatic heterocycles. The fourth-order valence-electron chi connectivity index (χ4n) is 2.08. The lowest BCUT2D eigenvalue weighted by molar-refractivity contribution is -0.139. The topological polar surface area (TPSA) is 71.5 Å². The van der Waals surface area contributed by atoms with E-state index in [2.05, 4.69) is 20.7 Å². The Bertz CT molecular complexity index is 699. The smallest absolute Gasteiger partial charge is 0.419 e. The quantitative estimate of drug-likeness (QED) is 0.904. The van der Waals surface area contributed by atoms with Gasteiger partial charge in [-0.25, -0.2) is 0 Å². The Balaban J connectivity index is 1.88. The standard InChI is InChI=1S/C14H13F3N4O2/c15-14(16,17)11-5-9(12-7-22-8-19-21-12)1-2-13(11)23-6-10-3-4-18-20-10/h1-5,19H,6-8H2,(H,18,20). The Kier molecular flexibility index (Phi) is 4.20. The summed E-state index contributed by atoms with van der Waals surface area (Å²) >= 11 is 0. The van der Waals surface area contributed by atoms with Gasteiger partial charge in [0.2, 0.25) is 0 Å². The molecule has 0 fully saturated rings. The molecule has 0 saturated heterocycles. The molecule has 122 valence electrons. The molecule has 6 nitrogen and oxygen atoms in total. The van der Waals surface area contributed by atoms with E-state index in [4.69, 9.17) is 9.47 Å². The number of hydrogen-bond donors (Lipinski definition) is 2. The van der Waals surface area contributed by atoms with Gasteiger partial charge in [0.1, 0.15) is 19.1 Å². The van der Waals surface area contributed by atoms with Crippen LogP contribution in [0.3, 0.4) is 0 Å². The summed E-state index contributed by atoms with van der Waals surface area (Å²) < 4.78 is 50.2. The molecule has 2 N–H and O–H groups in total. The monoisotopic (exact) mass is 326 g/mol. The van der Waals surface area contributed by atoms with Gasteiger partial charge in [-0.2, -0.15) is 23.4 Å². The summed E-state index contributed by atoms with van der Waals surface area (Å²) in [7, 11) is 0. The maximum atomic E-state index is 13.3. The SMILES string of the molecule is FC(F)(F)c1cc(C2=NNCOC2)ccc1OCc1ccn[nH]1. The Hall–Kier alpha value is -2.55. The zero-order chi connectivity index (χ0) is 16.3. The fraction of sp³-hybridized carbons (Fsp3) is 0.286. The van der Waals surface area contributed by atoms with Crippen LogP contribution in [0, 0.1) is 0 Å². The molecule has 0 saturated carbocycles. The first-order valence-corrected chi connectivity index (χ1v) is 6.74. The minimum Gasteiger partial charge on any atom is -0.487 e. The first-order chi connectivity index (χ1) is 11.0. The van der Waals surface area contributed by atoms with Crippen molar-refractivity contribution in [2.45, 2.75) is 12.8 Å². The Labute approximate surface area is 129 Å². The van der Waals surface area contributed by atoms with Crippen LogP contribution >= 0.6 is 0 Å². The van der Waals surface area contributed by atoms with E-state index >= 15 is 0 Å². The van der Waals surface area contributed by atoms with Crippen molar-refractivity contribution in [2.75, 3.05) is 13.3 Å². The van der Waals surface area contributed by atoms with Crippen LogP contribution in [-0.4, -0.2) is 29.2 Å². The van der Waals surface area contributed by atoms with Gasteiger partial charge in [-0.15, -0.1) is 0 Å². The molecule has 23 heavy (non-hydrogen) atoms. The lowest BCUT2D eigenvalue weighted by Crippen LogP contribution is -2.26. The van der Waals surface area contributed by atoms with Gasteiger partial charge in [0, 0.05) is 11.8 Å². The highest BCUT2D eigenvalue weighted by Crippen LogP contribution is 2.37. The summed E-state index contributed by atoms with van der Waals surface area (Å²) in [6.45, 7) is 0.355. The van der Waals surface area contributed by atoms with Crippen molar-refractivity contribution in [3.05, 3.63) is 47.3 Å². The van der Waals surface area contributed by atoms with Crippen molar-refractivity contribution in [2.24, 2.45) is 5.10 Å². The van der Waals surface area contributed by atoms with Crippen molar-refractivity contribution < 1.29 is 22.6 Å². The van der Waals surface area contributed by atoms with E-state index in [1.807, 2.05) is 0 Å². The van der Waals surface area contributed by atoms with Crippen LogP contribution in [0.1, 0.15) is 16.8 Å². The number of nitrogens with zero attached hydrogens (tertiary/aromatic N) is 2. The maximum absolute atomic E-state index is 13.3. The highest BCUT2D eigenvalue weighted by Gasteiger charge is 2.35. The van der Waals surface area contributed by atoms with Crippen LogP contribution in [0.25, 0.3) is 0 Å². The number of halogens is 3. The zero-order valence-corrected chi connectivity index (χ0v) is 11.9. The summed E-state index contributed by atoms with van der Waals surface area (Å²) in [5, 5.41) is 10.3. The van der Waals surface area contributed by atoms with Crippen molar-refractivity contribution >= 4 is 5.71 Å². The first kappa shape index (κ1) is 15.3. The molecule has 2 heterocycles. The second-order valence-corrected chi connectivity index (χ2v) is 4.79. The molecule has 9 heteroatoms. The van der Waals surface area contributed by atoms with E-state index in [0.29, 0.717) is 17.0 Å². The Morgan fingerprint density at radius 2 is 2.13 bits per heavy atom. The van der Waals surface area contributed by atoms with Crippen LogP contribution in [0.2, 0.25) is 0 Å². The van der Waals surface area contributed by atoms with Crippen LogP contribution in [-0.2, 0) is 17.5 Å². The molecular formula is C14H13F3N4O2. The van der Waals surface area contributed by atoms with E-state index < -0.39 is 11.7 Å². The van der Waals surface area contributed by atoms with Gasteiger partial charge >= 0.3 is 6.18 Å². The molecule has 0 radical (unpaired) electrons. The number of aromatic amines is 1. The van der Waals surface area contributed by atoms with E-state index in [0.717, 1.165) is 6.07 Å². The number of hydrogen-bond acceptors (Lipinski definition) is 5. The van der Waals surface area contributed by atoms with Gasteiger partial charge in [0.05, 0.1) is 23.6 Å². The highest BCUT2D eigenvalue weighted by molar-refractivity contribution is 6.02.